The van der Waals surface area contributed by atoms with Crippen LogP contribution in [-0.2, 0) is 13.6 Å². The van der Waals surface area contributed by atoms with Crippen LogP contribution in [0.3, 0.4) is 0 Å². The number of rotatable bonds is 3. The van der Waals surface area contributed by atoms with Gasteiger partial charge in [-0.3, -0.25) is 9.36 Å². The standard InChI is InChI=1S/C12H19N5/c1-8-6-9(2)17(14-8)7-11-10(3)15-16(5)12(11)13-4/h6,13H,7H2,1-5H3. The highest BCUT2D eigenvalue weighted by atomic mass is 15.3. The molecule has 0 unspecified atom stereocenters. The second kappa shape index (κ2) is 4.24. The SMILES string of the molecule is CNc1c(Cn2nc(C)cc2C)c(C)nn1C. The van der Waals surface area contributed by atoms with Gasteiger partial charge in [0.2, 0.25) is 0 Å². The molecule has 0 saturated carbocycles. The molecule has 2 aromatic heterocycles. The van der Waals surface area contributed by atoms with E-state index in [4.69, 9.17) is 0 Å². The van der Waals surface area contributed by atoms with Gasteiger partial charge in [-0.05, 0) is 26.8 Å². The molecule has 0 amide bonds. The average molecular weight is 233 g/mol. The molecular formula is C12H19N5. The highest BCUT2D eigenvalue weighted by Gasteiger charge is 2.13. The Morgan fingerprint density at radius 2 is 1.94 bits per heavy atom. The maximum absolute atomic E-state index is 4.48. The molecule has 0 aliphatic rings. The Bertz CT molecular complexity index is 535. The van der Waals surface area contributed by atoms with E-state index in [1.54, 1.807) is 0 Å². The minimum Gasteiger partial charge on any atom is -0.373 e. The van der Waals surface area contributed by atoms with Crippen LogP contribution >= 0.6 is 0 Å². The van der Waals surface area contributed by atoms with Gasteiger partial charge in [0, 0.05) is 25.4 Å². The monoisotopic (exact) mass is 233 g/mol. The van der Waals surface area contributed by atoms with Crippen molar-refractivity contribution in [3.63, 3.8) is 0 Å². The van der Waals surface area contributed by atoms with E-state index in [2.05, 4.69) is 28.5 Å². The first kappa shape index (κ1) is 11.7. The summed E-state index contributed by atoms with van der Waals surface area (Å²) in [6.45, 7) is 6.88. The first-order chi connectivity index (χ1) is 8.02. The van der Waals surface area contributed by atoms with Gasteiger partial charge in [0.05, 0.1) is 17.9 Å². The van der Waals surface area contributed by atoms with Crippen molar-refractivity contribution < 1.29 is 0 Å². The summed E-state index contributed by atoms with van der Waals surface area (Å²) >= 11 is 0. The van der Waals surface area contributed by atoms with Gasteiger partial charge >= 0.3 is 0 Å². The molecule has 0 fully saturated rings. The fraction of sp³-hybridized carbons (Fsp3) is 0.500. The molecule has 0 aliphatic carbocycles. The third kappa shape index (κ3) is 2.05. The zero-order chi connectivity index (χ0) is 12.6. The third-order valence-electron chi connectivity index (χ3n) is 2.99. The van der Waals surface area contributed by atoms with Crippen molar-refractivity contribution in [2.45, 2.75) is 27.3 Å². The fourth-order valence-electron chi connectivity index (χ4n) is 2.19. The summed E-state index contributed by atoms with van der Waals surface area (Å²) in [5.41, 5.74) is 4.47. The maximum Gasteiger partial charge on any atom is 0.129 e. The number of nitrogens with zero attached hydrogens (tertiary/aromatic N) is 4. The molecule has 0 aromatic carbocycles. The lowest BCUT2D eigenvalue weighted by molar-refractivity contribution is 0.657. The molecule has 2 rings (SSSR count). The zero-order valence-electron chi connectivity index (χ0n) is 11.1. The summed E-state index contributed by atoms with van der Waals surface area (Å²) in [7, 11) is 3.87. The van der Waals surface area contributed by atoms with Gasteiger partial charge in [-0.25, -0.2) is 0 Å². The molecule has 0 aliphatic heterocycles. The van der Waals surface area contributed by atoms with Crippen LogP contribution < -0.4 is 5.32 Å². The van der Waals surface area contributed by atoms with Crippen LogP contribution in [0.5, 0.6) is 0 Å². The minimum absolute atomic E-state index is 0.759. The third-order valence-corrected chi connectivity index (χ3v) is 2.99. The molecule has 5 heteroatoms. The van der Waals surface area contributed by atoms with Crippen molar-refractivity contribution in [2.75, 3.05) is 12.4 Å². The molecule has 1 N–H and O–H groups in total. The number of aromatic nitrogens is 4. The van der Waals surface area contributed by atoms with Crippen LogP contribution in [-0.4, -0.2) is 26.6 Å². The summed E-state index contributed by atoms with van der Waals surface area (Å²) < 4.78 is 3.89. The lowest BCUT2D eigenvalue weighted by Crippen LogP contribution is -2.07. The summed E-state index contributed by atoms with van der Waals surface area (Å²) in [5, 5.41) is 12.1. The predicted molar refractivity (Wildman–Crippen MR) is 68.3 cm³/mol. The van der Waals surface area contributed by atoms with E-state index in [9.17, 15) is 0 Å². The van der Waals surface area contributed by atoms with Crippen molar-refractivity contribution in [3.05, 3.63) is 28.7 Å². The summed E-state index contributed by atoms with van der Waals surface area (Å²) in [6.07, 6.45) is 0. The van der Waals surface area contributed by atoms with Crippen molar-refractivity contribution in [1.29, 1.82) is 0 Å². The van der Waals surface area contributed by atoms with Crippen molar-refractivity contribution in [2.24, 2.45) is 7.05 Å². The van der Waals surface area contributed by atoms with Crippen molar-refractivity contribution in [3.8, 4) is 0 Å². The fourth-order valence-corrected chi connectivity index (χ4v) is 2.19. The van der Waals surface area contributed by atoms with Gasteiger partial charge in [-0.2, -0.15) is 10.2 Å². The van der Waals surface area contributed by atoms with E-state index < -0.39 is 0 Å². The van der Waals surface area contributed by atoms with Gasteiger partial charge in [0.25, 0.3) is 0 Å². The Kier molecular flexibility index (Phi) is 2.92. The van der Waals surface area contributed by atoms with Crippen LogP contribution in [0.1, 0.15) is 22.6 Å². The van der Waals surface area contributed by atoms with Gasteiger partial charge in [0.1, 0.15) is 5.82 Å². The Morgan fingerprint density at radius 1 is 1.24 bits per heavy atom. The number of anilines is 1. The smallest absolute Gasteiger partial charge is 0.129 e. The number of aryl methyl sites for hydroxylation is 4. The number of hydrogen-bond acceptors (Lipinski definition) is 3. The molecule has 2 aromatic rings. The molecule has 0 radical (unpaired) electrons. The molecule has 2 heterocycles. The first-order valence-electron chi connectivity index (χ1n) is 5.74. The van der Waals surface area contributed by atoms with Crippen LogP contribution in [0, 0.1) is 20.8 Å². The molecular weight excluding hydrogens is 214 g/mol. The maximum atomic E-state index is 4.48. The highest BCUT2D eigenvalue weighted by molar-refractivity contribution is 5.47. The predicted octanol–water partition coefficient (Wildman–Crippen LogP) is 1.63. The second-order valence-corrected chi connectivity index (χ2v) is 4.37. The van der Waals surface area contributed by atoms with E-state index in [0.29, 0.717) is 0 Å². The van der Waals surface area contributed by atoms with Crippen LogP contribution in [0.15, 0.2) is 6.07 Å². The lowest BCUT2D eigenvalue weighted by Gasteiger charge is -2.07. The summed E-state index contributed by atoms with van der Waals surface area (Å²) in [4.78, 5) is 0. The van der Waals surface area contributed by atoms with Gasteiger partial charge < -0.3 is 5.32 Å². The van der Waals surface area contributed by atoms with Crippen LogP contribution in [0.2, 0.25) is 0 Å². The molecule has 92 valence electrons. The van der Waals surface area contributed by atoms with E-state index in [1.165, 1.54) is 11.3 Å². The quantitative estimate of drug-likeness (QED) is 0.876. The highest BCUT2D eigenvalue weighted by Crippen LogP contribution is 2.20. The van der Waals surface area contributed by atoms with Crippen LogP contribution in [0.25, 0.3) is 0 Å². The van der Waals surface area contributed by atoms with Crippen molar-refractivity contribution in [1.82, 2.24) is 19.6 Å². The molecule has 0 saturated heterocycles. The zero-order valence-corrected chi connectivity index (χ0v) is 11.1. The van der Waals surface area contributed by atoms with E-state index in [0.717, 1.165) is 23.8 Å². The molecule has 5 nitrogen and oxygen atoms in total. The lowest BCUT2D eigenvalue weighted by atomic mass is 10.2. The summed E-state index contributed by atoms with van der Waals surface area (Å²) in [5.74, 6) is 1.05. The van der Waals surface area contributed by atoms with Gasteiger partial charge in [0.15, 0.2) is 0 Å². The topological polar surface area (TPSA) is 47.7 Å². The van der Waals surface area contributed by atoms with E-state index in [1.807, 2.05) is 37.3 Å². The molecule has 0 atom stereocenters. The Hall–Kier alpha value is -1.78. The second-order valence-electron chi connectivity index (χ2n) is 4.37. The molecule has 0 bridgehead atoms. The average Bonchev–Trinajstić information content (AvgIpc) is 2.69. The number of nitrogens with one attached hydrogen (secondary N) is 1. The van der Waals surface area contributed by atoms with Crippen LogP contribution in [0.4, 0.5) is 5.82 Å². The number of hydrogen-bond donors (Lipinski definition) is 1. The van der Waals surface area contributed by atoms with E-state index in [-0.39, 0.29) is 0 Å². The Labute approximate surface area is 101 Å². The summed E-state index contributed by atoms with van der Waals surface area (Å²) in [6, 6.07) is 2.09. The first-order valence-corrected chi connectivity index (χ1v) is 5.74. The molecule has 17 heavy (non-hydrogen) atoms. The van der Waals surface area contributed by atoms with E-state index >= 15 is 0 Å². The minimum atomic E-state index is 0.759. The largest absolute Gasteiger partial charge is 0.373 e. The Balaban J connectivity index is 2.39. The van der Waals surface area contributed by atoms with Gasteiger partial charge in [-0.1, -0.05) is 0 Å². The Morgan fingerprint density at radius 3 is 2.47 bits per heavy atom. The molecule has 0 spiro atoms. The van der Waals surface area contributed by atoms with Gasteiger partial charge in [-0.15, -0.1) is 0 Å². The van der Waals surface area contributed by atoms with Crippen molar-refractivity contribution >= 4 is 5.82 Å². The normalized spacial score (nSPS) is 10.9.